The van der Waals surface area contributed by atoms with Gasteiger partial charge in [0.1, 0.15) is 6.61 Å². The highest BCUT2D eigenvalue weighted by molar-refractivity contribution is 6.35. The van der Waals surface area contributed by atoms with Gasteiger partial charge in [-0.25, -0.2) is 0 Å². The number of hydrogen-bond acceptors (Lipinski definition) is 4. The van der Waals surface area contributed by atoms with Crippen molar-refractivity contribution in [3.05, 3.63) is 87.4 Å². The molecule has 0 aliphatic rings. The molecule has 0 saturated heterocycles. The van der Waals surface area contributed by atoms with E-state index in [0.717, 1.165) is 12.1 Å². The molecule has 0 heterocycles. The third kappa shape index (κ3) is 6.06. The minimum absolute atomic E-state index is 0.152. The number of benzene rings is 3. The Morgan fingerprint density at radius 3 is 2.35 bits per heavy atom. The van der Waals surface area contributed by atoms with Gasteiger partial charge in [0.25, 0.3) is 0 Å². The lowest BCUT2D eigenvalue weighted by Crippen LogP contribution is -2.05. The molecule has 3 aromatic rings. The van der Waals surface area contributed by atoms with Gasteiger partial charge in [0.05, 0.1) is 24.6 Å². The van der Waals surface area contributed by atoms with Gasteiger partial charge in [-0.1, -0.05) is 35.3 Å². The molecule has 9 heteroatoms. The summed E-state index contributed by atoms with van der Waals surface area (Å²) in [6.07, 6.45) is -2.96. The Morgan fingerprint density at radius 1 is 0.968 bits per heavy atom. The van der Waals surface area contributed by atoms with E-state index in [0.29, 0.717) is 32.7 Å². The third-order valence-electron chi connectivity index (χ3n) is 4.22. The Hall–Kier alpha value is -2.90. The summed E-state index contributed by atoms with van der Waals surface area (Å²) in [6, 6.07) is 15.1. The number of rotatable bonds is 7. The maximum atomic E-state index is 12.8. The molecular weight excluding hydrogens is 452 g/mol. The summed E-state index contributed by atoms with van der Waals surface area (Å²) in [5.41, 5.74) is 3.36. The molecule has 0 bridgehead atoms. The molecule has 0 aliphatic heterocycles. The Kier molecular flexibility index (Phi) is 7.30. The van der Waals surface area contributed by atoms with Gasteiger partial charge in [-0.3, -0.25) is 5.43 Å². The first kappa shape index (κ1) is 22.8. The van der Waals surface area contributed by atoms with Gasteiger partial charge in [0.2, 0.25) is 0 Å². The molecular formula is C22H17Cl2F3N2O2. The van der Waals surface area contributed by atoms with Crippen LogP contribution in [0.4, 0.5) is 18.9 Å². The minimum Gasteiger partial charge on any atom is -0.493 e. The lowest BCUT2D eigenvalue weighted by molar-refractivity contribution is -0.137. The van der Waals surface area contributed by atoms with E-state index in [1.54, 1.807) is 36.4 Å². The van der Waals surface area contributed by atoms with Gasteiger partial charge in [-0.05, 0) is 54.1 Å². The summed E-state index contributed by atoms with van der Waals surface area (Å²) in [7, 11) is 1.49. The molecule has 0 unspecified atom stereocenters. The summed E-state index contributed by atoms with van der Waals surface area (Å²) < 4.78 is 49.5. The van der Waals surface area contributed by atoms with Crippen LogP contribution in [0, 0.1) is 0 Å². The van der Waals surface area contributed by atoms with Crippen molar-refractivity contribution in [3.63, 3.8) is 0 Å². The van der Waals surface area contributed by atoms with E-state index >= 15 is 0 Å². The van der Waals surface area contributed by atoms with Crippen molar-refractivity contribution < 1.29 is 22.6 Å². The topological polar surface area (TPSA) is 42.8 Å². The molecule has 0 aromatic heterocycles. The fraction of sp³-hybridized carbons (Fsp3) is 0.136. The van der Waals surface area contributed by atoms with Crippen LogP contribution in [0.5, 0.6) is 11.5 Å². The average Bonchev–Trinajstić information content (AvgIpc) is 2.73. The van der Waals surface area contributed by atoms with Crippen LogP contribution < -0.4 is 14.9 Å². The average molecular weight is 469 g/mol. The maximum Gasteiger partial charge on any atom is 0.416 e. The van der Waals surface area contributed by atoms with E-state index in [9.17, 15) is 13.2 Å². The van der Waals surface area contributed by atoms with Crippen molar-refractivity contribution in [3.8, 4) is 11.5 Å². The van der Waals surface area contributed by atoms with E-state index in [4.69, 9.17) is 32.7 Å². The zero-order chi connectivity index (χ0) is 22.4. The monoisotopic (exact) mass is 468 g/mol. The Balaban J connectivity index is 1.68. The molecule has 0 spiro atoms. The van der Waals surface area contributed by atoms with Crippen molar-refractivity contribution in [2.24, 2.45) is 5.10 Å². The second-order valence-electron chi connectivity index (χ2n) is 6.35. The van der Waals surface area contributed by atoms with Gasteiger partial charge >= 0.3 is 6.18 Å². The van der Waals surface area contributed by atoms with Crippen molar-refractivity contribution in [2.45, 2.75) is 12.8 Å². The summed E-state index contributed by atoms with van der Waals surface area (Å²) in [5, 5.41) is 4.98. The van der Waals surface area contributed by atoms with Crippen LogP contribution in [0.3, 0.4) is 0 Å². The maximum absolute atomic E-state index is 12.8. The molecule has 3 aromatic carbocycles. The van der Waals surface area contributed by atoms with E-state index in [1.165, 1.54) is 25.5 Å². The zero-order valence-corrected chi connectivity index (χ0v) is 17.7. The number of nitrogens with one attached hydrogen (secondary N) is 1. The highest BCUT2D eigenvalue weighted by Gasteiger charge is 2.30. The molecule has 0 aliphatic carbocycles. The molecule has 0 atom stereocenters. The first-order chi connectivity index (χ1) is 14.8. The highest BCUT2D eigenvalue weighted by Crippen LogP contribution is 2.32. The smallest absolute Gasteiger partial charge is 0.416 e. The SMILES string of the molecule is COc1cc(C=NNc2cccc(C(F)(F)F)c2)ccc1OCc1c(Cl)cccc1Cl. The van der Waals surface area contributed by atoms with E-state index < -0.39 is 11.7 Å². The lowest BCUT2D eigenvalue weighted by atomic mass is 10.2. The van der Waals surface area contributed by atoms with Gasteiger partial charge in [-0.15, -0.1) is 0 Å². The Labute approximate surface area is 187 Å². The van der Waals surface area contributed by atoms with Gasteiger partial charge in [0.15, 0.2) is 11.5 Å². The van der Waals surface area contributed by atoms with Crippen LogP contribution in [0.15, 0.2) is 65.8 Å². The highest BCUT2D eigenvalue weighted by atomic mass is 35.5. The number of nitrogens with zero attached hydrogens (tertiary/aromatic N) is 1. The summed E-state index contributed by atoms with van der Waals surface area (Å²) in [5.74, 6) is 0.924. The molecule has 4 nitrogen and oxygen atoms in total. The van der Waals surface area contributed by atoms with Crippen LogP contribution >= 0.6 is 23.2 Å². The first-order valence-corrected chi connectivity index (χ1v) is 9.73. The van der Waals surface area contributed by atoms with Crippen LogP contribution in [-0.4, -0.2) is 13.3 Å². The van der Waals surface area contributed by atoms with Gasteiger partial charge in [0, 0.05) is 15.6 Å². The number of alkyl halides is 3. The van der Waals surface area contributed by atoms with Crippen LogP contribution in [-0.2, 0) is 12.8 Å². The number of anilines is 1. The summed E-state index contributed by atoms with van der Waals surface area (Å²) in [6.45, 7) is 0.152. The van der Waals surface area contributed by atoms with Crippen LogP contribution in [0.1, 0.15) is 16.7 Å². The second kappa shape index (κ2) is 9.94. The fourth-order valence-corrected chi connectivity index (χ4v) is 3.16. The predicted molar refractivity (Wildman–Crippen MR) is 116 cm³/mol. The molecule has 162 valence electrons. The van der Waals surface area contributed by atoms with Crippen molar-refractivity contribution in [1.82, 2.24) is 0 Å². The molecule has 0 saturated carbocycles. The van der Waals surface area contributed by atoms with Gasteiger partial charge < -0.3 is 9.47 Å². The number of methoxy groups -OCH3 is 1. The second-order valence-corrected chi connectivity index (χ2v) is 7.16. The van der Waals surface area contributed by atoms with E-state index in [2.05, 4.69) is 10.5 Å². The van der Waals surface area contributed by atoms with Crippen molar-refractivity contribution >= 4 is 35.1 Å². The molecule has 3 rings (SSSR count). The lowest BCUT2D eigenvalue weighted by Gasteiger charge is -2.13. The predicted octanol–water partition coefficient (Wildman–Crippen LogP) is 7.05. The third-order valence-corrected chi connectivity index (χ3v) is 4.93. The number of ether oxygens (including phenoxy) is 2. The molecule has 0 fully saturated rings. The Morgan fingerprint density at radius 2 is 1.68 bits per heavy atom. The largest absolute Gasteiger partial charge is 0.493 e. The first-order valence-electron chi connectivity index (χ1n) is 8.98. The van der Waals surface area contributed by atoms with Crippen molar-refractivity contribution in [1.29, 1.82) is 0 Å². The van der Waals surface area contributed by atoms with E-state index in [-0.39, 0.29) is 12.3 Å². The van der Waals surface area contributed by atoms with Gasteiger partial charge in [-0.2, -0.15) is 18.3 Å². The number of halogens is 5. The number of hydrogen-bond donors (Lipinski definition) is 1. The van der Waals surface area contributed by atoms with E-state index in [1.807, 2.05) is 0 Å². The molecule has 0 radical (unpaired) electrons. The Bertz CT molecular complexity index is 1070. The summed E-state index contributed by atoms with van der Waals surface area (Å²) in [4.78, 5) is 0. The molecule has 31 heavy (non-hydrogen) atoms. The van der Waals surface area contributed by atoms with Crippen molar-refractivity contribution in [2.75, 3.05) is 12.5 Å². The fourth-order valence-electron chi connectivity index (χ4n) is 2.65. The normalized spacial score (nSPS) is 11.5. The zero-order valence-electron chi connectivity index (χ0n) is 16.2. The van der Waals surface area contributed by atoms with Crippen LogP contribution in [0.2, 0.25) is 10.0 Å². The molecule has 0 amide bonds. The summed E-state index contributed by atoms with van der Waals surface area (Å²) >= 11 is 12.3. The molecule has 1 N–H and O–H groups in total. The minimum atomic E-state index is -4.42. The van der Waals surface area contributed by atoms with Crippen LogP contribution in [0.25, 0.3) is 0 Å². The quantitative estimate of drug-likeness (QED) is 0.298. The standard InChI is InChI=1S/C22H17Cl2F3N2O2/c1-30-21-10-14(12-28-29-16-5-2-4-15(11-16)22(25,26)27)8-9-20(21)31-13-17-18(23)6-3-7-19(17)24/h2-12,29H,13H2,1H3. The number of hydrazone groups is 1.